The van der Waals surface area contributed by atoms with E-state index in [0.717, 1.165) is 0 Å². The van der Waals surface area contributed by atoms with E-state index in [9.17, 15) is 0 Å². The topological polar surface area (TPSA) is 9.23 Å². The average Bonchev–Trinajstić information content (AvgIpc) is 1.65. The molecule has 0 heterocycles. The minimum atomic E-state index is -0.674. The highest BCUT2D eigenvalue weighted by Gasteiger charge is 1.94. The van der Waals surface area contributed by atoms with Crippen LogP contribution < -0.4 is 0 Å². The second-order valence-electron chi connectivity index (χ2n) is 1.20. The second-order valence-corrected chi connectivity index (χ2v) is 6.24. The third-order valence-electron chi connectivity index (χ3n) is 0.620. The fraction of sp³-hybridized carbons (Fsp3) is 1.00. The Morgan fingerprint density at radius 3 is 2.33 bits per heavy atom. The van der Waals surface area contributed by atoms with E-state index >= 15 is 0 Å². The molecule has 0 aliphatic heterocycles. The van der Waals surface area contributed by atoms with Crippen LogP contribution in [0.3, 0.4) is 0 Å². The van der Waals surface area contributed by atoms with Gasteiger partial charge in [0.05, 0.1) is 0 Å². The first-order chi connectivity index (χ1) is 2.81. The molecule has 0 aromatic carbocycles. The van der Waals surface area contributed by atoms with E-state index in [4.69, 9.17) is 4.43 Å². The smallest absolute Gasteiger partial charge is 0.182 e. The zero-order valence-electron chi connectivity index (χ0n) is 4.07. The number of halogens is 1. The molecule has 0 saturated heterocycles. The number of alkyl halides is 1. The molecule has 3 heteroatoms. The van der Waals surface area contributed by atoms with Crippen LogP contribution in [-0.2, 0) is 4.43 Å². The van der Waals surface area contributed by atoms with E-state index < -0.39 is 9.04 Å². The van der Waals surface area contributed by atoms with Crippen LogP contribution in [0.4, 0.5) is 0 Å². The molecule has 0 radical (unpaired) electrons. The van der Waals surface area contributed by atoms with Gasteiger partial charge in [-0.3, -0.25) is 0 Å². The van der Waals surface area contributed by atoms with Crippen molar-refractivity contribution in [3.8, 4) is 0 Å². The van der Waals surface area contributed by atoms with Crippen molar-refractivity contribution in [3.05, 3.63) is 0 Å². The van der Waals surface area contributed by atoms with E-state index in [1.54, 1.807) is 7.11 Å². The van der Waals surface area contributed by atoms with Crippen molar-refractivity contribution in [2.75, 3.05) is 11.2 Å². The molecule has 0 rings (SSSR count). The summed E-state index contributed by atoms with van der Waals surface area (Å²) in [4.78, 5) is 0. The summed E-state index contributed by atoms with van der Waals surface area (Å²) in [6.07, 6.45) is 0. The molecule has 38 valence electrons. The largest absolute Gasteiger partial charge is 0.423 e. The zero-order chi connectivity index (χ0) is 4.99. The van der Waals surface area contributed by atoms with E-state index in [1.165, 1.54) is 4.05 Å². The highest BCUT2D eigenvalue weighted by atomic mass is 127. The van der Waals surface area contributed by atoms with Gasteiger partial charge in [0.25, 0.3) is 0 Å². The predicted molar refractivity (Wildman–Crippen MR) is 38.9 cm³/mol. The van der Waals surface area contributed by atoms with Crippen LogP contribution in [0.15, 0.2) is 0 Å². The molecule has 1 unspecified atom stereocenters. The van der Waals surface area contributed by atoms with Crippen molar-refractivity contribution in [1.82, 2.24) is 0 Å². The maximum atomic E-state index is 5.03. The SMILES string of the molecule is CO[SiH](C)CI. The van der Waals surface area contributed by atoms with Crippen molar-refractivity contribution >= 4 is 31.6 Å². The van der Waals surface area contributed by atoms with Gasteiger partial charge in [0.15, 0.2) is 9.04 Å². The lowest BCUT2D eigenvalue weighted by Gasteiger charge is -1.97. The monoisotopic (exact) mass is 216 g/mol. The summed E-state index contributed by atoms with van der Waals surface area (Å²) in [7, 11) is 1.11. The molecule has 0 saturated carbocycles. The summed E-state index contributed by atoms with van der Waals surface area (Å²) in [5, 5.41) is 0. The first kappa shape index (κ1) is 6.91. The van der Waals surface area contributed by atoms with Crippen LogP contribution >= 0.6 is 22.6 Å². The van der Waals surface area contributed by atoms with Gasteiger partial charge in [0.2, 0.25) is 0 Å². The minimum absolute atomic E-state index is 0.674. The van der Waals surface area contributed by atoms with Crippen LogP contribution in [0.1, 0.15) is 0 Å². The molecule has 0 N–H and O–H groups in total. The van der Waals surface area contributed by atoms with Gasteiger partial charge in [0, 0.05) is 11.2 Å². The lowest BCUT2D eigenvalue weighted by Crippen LogP contribution is -2.11. The van der Waals surface area contributed by atoms with Gasteiger partial charge in [-0.2, -0.15) is 0 Å². The summed E-state index contributed by atoms with van der Waals surface area (Å²) in [6.45, 7) is 2.19. The molecule has 0 spiro atoms. The van der Waals surface area contributed by atoms with Gasteiger partial charge in [-0.25, -0.2) is 0 Å². The van der Waals surface area contributed by atoms with Crippen LogP contribution in [0.2, 0.25) is 6.55 Å². The lowest BCUT2D eigenvalue weighted by molar-refractivity contribution is 0.430. The van der Waals surface area contributed by atoms with E-state index in [1.807, 2.05) is 0 Å². The van der Waals surface area contributed by atoms with Crippen LogP contribution in [0, 0.1) is 0 Å². The Morgan fingerprint density at radius 1 is 1.83 bits per heavy atom. The fourth-order valence-corrected chi connectivity index (χ4v) is 1.27. The number of hydrogen-bond donors (Lipinski definition) is 0. The summed E-state index contributed by atoms with van der Waals surface area (Å²) < 4.78 is 6.25. The minimum Gasteiger partial charge on any atom is -0.423 e. The van der Waals surface area contributed by atoms with Gasteiger partial charge >= 0.3 is 0 Å². The Balaban J connectivity index is 2.75. The van der Waals surface area contributed by atoms with Crippen molar-refractivity contribution in [2.24, 2.45) is 0 Å². The molecule has 0 aromatic rings. The molecule has 0 amide bonds. The number of rotatable bonds is 2. The summed E-state index contributed by atoms with van der Waals surface area (Å²) in [5.41, 5.74) is 0. The molecule has 0 aliphatic carbocycles. The Hall–Kier alpha value is 0.907. The van der Waals surface area contributed by atoms with Crippen LogP contribution in [-0.4, -0.2) is 20.2 Å². The van der Waals surface area contributed by atoms with Crippen LogP contribution in [0.5, 0.6) is 0 Å². The van der Waals surface area contributed by atoms with Crippen molar-refractivity contribution in [1.29, 1.82) is 0 Å². The predicted octanol–water partition coefficient (Wildman–Crippen LogP) is 0.961. The number of hydrogen-bond acceptors (Lipinski definition) is 1. The first-order valence-corrected chi connectivity index (χ1v) is 5.86. The van der Waals surface area contributed by atoms with E-state index in [0.29, 0.717) is 0 Å². The molecule has 0 fully saturated rings. The quantitative estimate of drug-likeness (QED) is 0.379. The molecule has 0 bridgehead atoms. The Kier molecular flexibility index (Phi) is 4.69. The highest BCUT2D eigenvalue weighted by molar-refractivity contribution is 14.1. The average molecular weight is 216 g/mol. The first-order valence-electron chi connectivity index (χ1n) is 1.90. The third-order valence-corrected chi connectivity index (χ3v) is 5.58. The van der Waals surface area contributed by atoms with Crippen molar-refractivity contribution < 1.29 is 4.43 Å². The Bertz CT molecular complexity index is 30.0. The van der Waals surface area contributed by atoms with E-state index in [-0.39, 0.29) is 0 Å². The zero-order valence-corrected chi connectivity index (χ0v) is 7.38. The normalized spacial score (nSPS) is 14.5. The molecule has 0 aliphatic rings. The summed E-state index contributed by atoms with van der Waals surface area (Å²) in [5.74, 6) is 0. The maximum Gasteiger partial charge on any atom is 0.182 e. The third kappa shape index (κ3) is 3.11. The Labute approximate surface area is 53.9 Å². The molecular formula is C3H9IOSi. The standard InChI is InChI=1S/C3H9IOSi/c1-5-6(2)3-4/h6H,3H2,1-2H3. The highest BCUT2D eigenvalue weighted by Crippen LogP contribution is 1.87. The summed E-state index contributed by atoms with van der Waals surface area (Å²) >= 11 is 2.35. The Morgan fingerprint density at radius 2 is 2.33 bits per heavy atom. The van der Waals surface area contributed by atoms with E-state index in [2.05, 4.69) is 29.1 Å². The molecule has 1 nitrogen and oxygen atoms in total. The van der Waals surface area contributed by atoms with Gasteiger partial charge in [-0.1, -0.05) is 22.6 Å². The molecular weight excluding hydrogens is 207 g/mol. The van der Waals surface area contributed by atoms with Crippen molar-refractivity contribution in [2.45, 2.75) is 6.55 Å². The maximum absolute atomic E-state index is 5.03. The summed E-state index contributed by atoms with van der Waals surface area (Å²) in [6, 6.07) is 0. The van der Waals surface area contributed by atoms with Crippen molar-refractivity contribution in [3.63, 3.8) is 0 Å². The second kappa shape index (κ2) is 4.08. The molecule has 0 aromatic heterocycles. The fourth-order valence-electron chi connectivity index (χ4n) is 0.0630. The van der Waals surface area contributed by atoms with Gasteiger partial charge in [-0.15, -0.1) is 0 Å². The van der Waals surface area contributed by atoms with Gasteiger partial charge in [-0.05, 0) is 6.55 Å². The van der Waals surface area contributed by atoms with Crippen LogP contribution in [0.25, 0.3) is 0 Å². The van der Waals surface area contributed by atoms with Gasteiger partial charge < -0.3 is 4.43 Å². The molecule has 6 heavy (non-hydrogen) atoms. The van der Waals surface area contributed by atoms with Gasteiger partial charge in [0.1, 0.15) is 0 Å². The molecule has 1 atom stereocenters. The lowest BCUT2D eigenvalue weighted by atomic mass is 11.8.